The van der Waals surface area contributed by atoms with Crippen molar-refractivity contribution in [2.45, 2.75) is 13.8 Å². The first kappa shape index (κ1) is 17.3. The van der Waals surface area contributed by atoms with Gasteiger partial charge in [-0.1, -0.05) is 24.3 Å². The summed E-state index contributed by atoms with van der Waals surface area (Å²) in [7, 11) is 1.58. The van der Waals surface area contributed by atoms with Crippen molar-refractivity contribution in [1.29, 1.82) is 0 Å². The number of ether oxygens (including phenoxy) is 1. The van der Waals surface area contributed by atoms with Crippen LogP contribution in [0, 0.1) is 6.92 Å². The van der Waals surface area contributed by atoms with Crippen molar-refractivity contribution in [1.82, 2.24) is 5.32 Å². The van der Waals surface area contributed by atoms with Crippen molar-refractivity contribution in [3.8, 4) is 5.75 Å². The molecule has 0 aromatic heterocycles. The Hall–Kier alpha value is -3.08. The number of methoxy groups -OCH3 is 1. The second-order valence-corrected chi connectivity index (χ2v) is 5.28. The van der Waals surface area contributed by atoms with Crippen LogP contribution >= 0.6 is 0 Å². The average molecular weight is 324 g/mol. The first-order valence-electron chi connectivity index (χ1n) is 7.50. The molecule has 124 valence electrons. The third-order valence-electron chi connectivity index (χ3n) is 3.39. The number of amides is 2. The van der Waals surface area contributed by atoms with Crippen molar-refractivity contribution < 1.29 is 14.3 Å². The van der Waals surface area contributed by atoms with Crippen LogP contribution in [0.5, 0.6) is 5.75 Å². The molecule has 2 aromatic carbocycles. The Morgan fingerprint density at radius 3 is 2.29 bits per heavy atom. The zero-order valence-electron chi connectivity index (χ0n) is 13.9. The Kier molecular flexibility index (Phi) is 5.73. The quantitative estimate of drug-likeness (QED) is 0.830. The molecule has 2 rings (SSSR count). The summed E-state index contributed by atoms with van der Waals surface area (Å²) >= 11 is 0. The second-order valence-electron chi connectivity index (χ2n) is 5.28. The topological polar surface area (TPSA) is 67.4 Å². The van der Waals surface area contributed by atoms with Crippen LogP contribution in [0.2, 0.25) is 0 Å². The molecule has 0 saturated carbocycles. The van der Waals surface area contributed by atoms with Gasteiger partial charge in [0.1, 0.15) is 11.4 Å². The fourth-order valence-corrected chi connectivity index (χ4v) is 2.13. The molecule has 0 fully saturated rings. The van der Waals surface area contributed by atoms with Gasteiger partial charge in [0.2, 0.25) is 5.91 Å². The Morgan fingerprint density at radius 2 is 1.71 bits per heavy atom. The number of anilines is 1. The van der Waals surface area contributed by atoms with E-state index in [0.29, 0.717) is 11.4 Å². The van der Waals surface area contributed by atoms with Crippen molar-refractivity contribution >= 4 is 23.6 Å². The number of hydrogen-bond donors (Lipinski definition) is 2. The molecule has 0 aliphatic rings. The molecule has 0 heterocycles. The normalized spacial score (nSPS) is 10.9. The molecule has 0 radical (unpaired) electrons. The summed E-state index contributed by atoms with van der Waals surface area (Å²) in [5, 5.41) is 5.34. The number of hydrogen-bond acceptors (Lipinski definition) is 3. The van der Waals surface area contributed by atoms with Crippen molar-refractivity contribution in [2.24, 2.45) is 0 Å². The summed E-state index contributed by atoms with van der Waals surface area (Å²) in [4.78, 5) is 23.9. The van der Waals surface area contributed by atoms with E-state index in [-0.39, 0.29) is 11.6 Å². The molecule has 5 heteroatoms. The van der Waals surface area contributed by atoms with Crippen LogP contribution < -0.4 is 15.4 Å². The van der Waals surface area contributed by atoms with Gasteiger partial charge in [0, 0.05) is 12.6 Å². The van der Waals surface area contributed by atoms with Crippen LogP contribution in [0.3, 0.4) is 0 Å². The molecular weight excluding hydrogens is 304 g/mol. The van der Waals surface area contributed by atoms with Gasteiger partial charge in [0.15, 0.2) is 0 Å². The number of carbonyl (C=O) groups is 2. The van der Waals surface area contributed by atoms with Gasteiger partial charge in [0.25, 0.3) is 5.91 Å². The highest BCUT2D eigenvalue weighted by molar-refractivity contribution is 6.08. The highest BCUT2D eigenvalue weighted by Crippen LogP contribution is 2.16. The van der Waals surface area contributed by atoms with Gasteiger partial charge >= 0.3 is 0 Å². The van der Waals surface area contributed by atoms with E-state index < -0.39 is 5.91 Å². The molecule has 2 N–H and O–H groups in total. The van der Waals surface area contributed by atoms with Crippen LogP contribution in [0.15, 0.2) is 54.2 Å². The maximum absolute atomic E-state index is 12.5. The van der Waals surface area contributed by atoms with Crippen molar-refractivity contribution in [2.75, 3.05) is 12.4 Å². The van der Waals surface area contributed by atoms with Crippen LogP contribution in [0.1, 0.15) is 18.1 Å². The van der Waals surface area contributed by atoms with E-state index in [1.54, 1.807) is 37.5 Å². The molecule has 5 nitrogen and oxygen atoms in total. The molecule has 0 spiro atoms. The predicted molar refractivity (Wildman–Crippen MR) is 94.6 cm³/mol. The smallest absolute Gasteiger partial charge is 0.272 e. The van der Waals surface area contributed by atoms with Gasteiger partial charge in [-0.05, 0) is 48.4 Å². The monoisotopic (exact) mass is 324 g/mol. The van der Waals surface area contributed by atoms with E-state index in [4.69, 9.17) is 4.74 Å². The summed E-state index contributed by atoms with van der Waals surface area (Å²) in [6.07, 6.45) is 1.66. The molecule has 2 amide bonds. The highest BCUT2D eigenvalue weighted by Gasteiger charge is 2.12. The maximum atomic E-state index is 12.5. The van der Waals surface area contributed by atoms with Gasteiger partial charge in [-0.25, -0.2) is 0 Å². The Bertz CT molecular complexity index is 764. The third kappa shape index (κ3) is 4.71. The molecule has 0 bridgehead atoms. The van der Waals surface area contributed by atoms with Gasteiger partial charge in [0.05, 0.1) is 7.11 Å². The van der Waals surface area contributed by atoms with Crippen LogP contribution in [-0.4, -0.2) is 18.9 Å². The van der Waals surface area contributed by atoms with E-state index in [1.165, 1.54) is 6.92 Å². The first-order chi connectivity index (χ1) is 11.5. The number of carbonyl (C=O) groups excluding carboxylic acids is 2. The molecular formula is C19H20N2O3. The van der Waals surface area contributed by atoms with Crippen molar-refractivity contribution in [3.05, 3.63) is 65.4 Å². The summed E-state index contributed by atoms with van der Waals surface area (Å²) in [5.41, 5.74) is 2.68. The Morgan fingerprint density at radius 1 is 1.04 bits per heavy atom. The standard InChI is InChI=1S/C19H20N2O3/c1-13-6-4-5-7-15(13)12-18(20-14(2)22)19(23)21-16-8-10-17(24-3)11-9-16/h4-12H,1-3H3,(H,20,22)(H,21,23). The van der Waals surface area contributed by atoms with Crippen LogP contribution in [-0.2, 0) is 9.59 Å². The Labute approximate surface area is 141 Å². The third-order valence-corrected chi connectivity index (χ3v) is 3.39. The number of rotatable bonds is 5. The van der Waals surface area contributed by atoms with E-state index in [1.807, 2.05) is 31.2 Å². The van der Waals surface area contributed by atoms with Gasteiger partial charge < -0.3 is 15.4 Å². The molecule has 0 unspecified atom stereocenters. The van der Waals surface area contributed by atoms with Crippen LogP contribution in [0.25, 0.3) is 6.08 Å². The van der Waals surface area contributed by atoms with Gasteiger partial charge in [-0.2, -0.15) is 0 Å². The molecule has 2 aromatic rings. The fourth-order valence-electron chi connectivity index (χ4n) is 2.13. The number of aryl methyl sites for hydroxylation is 1. The van der Waals surface area contributed by atoms with Gasteiger partial charge in [-0.15, -0.1) is 0 Å². The lowest BCUT2D eigenvalue weighted by Gasteiger charge is -2.11. The maximum Gasteiger partial charge on any atom is 0.272 e. The molecule has 0 aliphatic heterocycles. The summed E-state index contributed by atoms with van der Waals surface area (Å²) in [6, 6.07) is 14.6. The lowest BCUT2D eigenvalue weighted by Crippen LogP contribution is -2.29. The zero-order valence-corrected chi connectivity index (χ0v) is 13.9. The molecule has 0 saturated heterocycles. The highest BCUT2D eigenvalue weighted by atomic mass is 16.5. The van der Waals surface area contributed by atoms with Gasteiger partial charge in [-0.3, -0.25) is 9.59 Å². The lowest BCUT2D eigenvalue weighted by atomic mass is 10.1. The average Bonchev–Trinajstić information content (AvgIpc) is 2.56. The summed E-state index contributed by atoms with van der Waals surface area (Å²) in [5.74, 6) is 0.00358. The van der Waals surface area contributed by atoms with E-state index in [9.17, 15) is 9.59 Å². The summed E-state index contributed by atoms with van der Waals surface area (Å²) < 4.78 is 5.09. The largest absolute Gasteiger partial charge is 0.497 e. The van der Waals surface area contributed by atoms with Crippen molar-refractivity contribution in [3.63, 3.8) is 0 Å². The second kappa shape index (κ2) is 7.97. The number of nitrogens with one attached hydrogen (secondary N) is 2. The minimum atomic E-state index is -0.390. The molecule has 24 heavy (non-hydrogen) atoms. The minimum absolute atomic E-state index is 0.188. The molecule has 0 atom stereocenters. The minimum Gasteiger partial charge on any atom is -0.497 e. The zero-order chi connectivity index (χ0) is 17.5. The van der Waals surface area contributed by atoms with E-state index in [0.717, 1.165) is 11.1 Å². The predicted octanol–water partition coefficient (Wildman–Crippen LogP) is 3.12. The first-order valence-corrected chi connectivity index (χ1v) is 7.50. The Balaban J connectivity index is 2.24. The lowest BCUT2D eigenvalue weighted by molar-refractivity contribution is -0.120. The molecule has 0 aliphatic carbocycles. The number of benzene rings is 2. The SMILES string of the molecule is COc1ccc(NC(=O)C(=Cc2ccccc2C)NC(C)=O)cc1. The van der Waals surface area contributed by atoms with E-state index >= 15 is 0 Å². The summed E-state index contributed by atoms with van der Waals surface area (Å²) in [6.45, 7) is 3.31. The fraction of sp³-hybridized carbons (Fsp3) is 0.158. The van der Waals surface area contributed by atoms with Crippen LogP contribution in [0.4, 0.5) is 5.69 Å². The van der Waals surface area contributed by atoms with E-state index in [2.05, 4.69) is 10.6 Å².